The Hall–Kier alpha value is -1.75. The van der Waals surface area contributed by atoms with Crippen LogP contribution in [0.15, 0.2) is 24.8 Å². The molecule has 84 valence electrons. The Kier molecular flexibility index (Phi) is 3.26. The SMILES string of the molecule is Cc1nn(C)cc1CNCc1ccncn1. The molecule has 0 aromatic carbocycles. The van der Waals surface area contributed by atoms with Gasteiger partial charge >= 0.3 is 0 Å². The van der Waals surface area contributed by atoms with Crippen LogP contribution in [0.25, 0.3) is 0 Å². The lowest BCUT2D eigenvalue weighted by Crippen LogP contribution is -2.13. The van der Waals surface area contributed by atoms with E-state index in [0.29, 0.717) is 0 Å². The van der Waals surface area contributed by atoms with Crippen molar-refractivity contribution >= 4 is 0 Å². The Balaban J connectivity index is 1.87. The van der Waals surface area contributed by atoms with Gasteiger partial charge in [-0.1, -0.05) is 0 Å². The molecule has 0 amide bonds. The molecule has 0 fully saturated rings. The van der Waals surface area contributed by atoms with E-state index in [1.807, 2.05) is 30.9 Å². The van der Waals surface area contributed by atoms with Crippen molar-refractivity contribution in [2.24, 2.45) is 7.05 Å². The van der Waals surface area contributed by atoms with Gasteiger partial charge in [-0.15, -0.1) is 0 Å². The fourth-order valence-electron chi connectivity index (χ4n) is 1.57. The van der Waals surface area contributed by atoms with E-state index in [4.69, 9.17) is 0 Å². The molecule has 2 rings (SSSR count). The molecule has 0 saturated carbocycles. The fraction of sp³-hybridized carbons (Fsp3) is 0.364. The summed E-state index contributed by atoms with van der Waals surface area (Å²) in [6, 6.07) is 1.91. The Morgan fingerprint density at radius 3 is 2.88 bits per heavy atom. The Labute approximate surface area is 94.5 Å². The number of nitrogens with zero attached hydrogens (tertiary/aromatic N) is 4. The average molecular weight is 217 g/mol. The van der Waals surface area contributed by atoms with Crippen molar-refractivity contribution < 1.29 is 0 Å². The fourth-order valence-corrected chi connectivity index (χ4v) is 1.57. The van der Waals surface area contributed by atoms with Gasteiger partial charge in [0.25, 0.3) is 0 Å². The molecule has 1 N–H and O–H groups in total. The molecular weight excluding hydrogens is 202 g/mol. The third-order valence-corrected chi connectivity index (χ3v) is 2.38. The van der Waals surface area contributed by atoms with Crippen LogP contribution >= 0.6 is 0 Å². The van der Waals surface area contributed by atoms with E-state index in [2.05, 4.69) is 20.4 Å². The molecule has 0 radical (unpaired) electrons. The van der Waals surface area contributed by atoms with Crippen LogP contribution in [0.4, 0.5) is 0 Å². The van der Waals surface area contributed by atoms with E-state index in [0.717, 1.165) is 24.5 Å². The Morgan fingerprint density at radius 1 is 1.38 bits per heavy atom. The minimum Gasteiger partial charge on any atom is -0.307 e. The largest absolute Gasteiger partial charge is 0.307 e. The van der Waals surface area contributed by atoms with Crippen molar-refractivity contribution in [2.45, 2.75) is 20.0 Å². The van der Waals surface area contributed by atoms with Crippen LogP contribution in [0.1, 0.15) is 17.0 Å². The molecule has 0 saturated heterocycles. The lowest BCUT2D eigenvalue weighted by Gasteiger charge is -2.02. The van der Waals surface area contributed by atoms with Gasteiger partial charge in [0.15, 0.2) is 0 Å². The van der Waals surface area contributed by atoms with Crippen molar-refractivity contribution in [1.82, 2.24) is 25.1 Å². The Bertz CT molecular complexity index is 449. The second-order valence-corrected chi connectivity index (χ2v) is 3.72. The van der Waals surface area contributed by atoms with Crippen molar-refractivity contribution in [2.75, 3.05) is 0 Å². The predicted octanol–water partition coefficient (Wildman–Crippen LogP) is 0.808. The average Bonchev–Trinajstić information content (AvgIpc) is 2.59. The third kappa shape index (κ3) is 2.64. The van der Waals surface area contributed by atoms with Crippen molar-refractivity contribution in [3.8, 4) is 0 Å². The van der Waals surface area contributed by atoms with E-state index < -0.39 is 0 Å². The summed E-state index contributed by atoms with van der Waals surface area (Å²) in [4.78, 5) is 8.02. The normalized spacial score (nSPS) is 10.6. The summed E-state index contributed by atoms with van der Waals surface area (Å²) in [5.74, 6) is 0. The molecule has 0 aliphatic carbocycles. The number of hydrogen-bond acceptors (Lipinski definition) is 4. The molecule has 0 spiro atoms. The van der Waals surface area contributed by atoms with Gasteiger partial charge in [0.2, 0.25) is 0 Å². The van der Waals surface area contributed by atoms with Gasteiger partial charge in [-0.3, -0.25) is 4.68 Å². The lowest BCUT2D eigenvalue weighted by atomic mass is 10.2. The van der Waals surface area contributed by atoms with Gasteiger partial charge in [-0.05, 0) is 13.0 Å². The first-order chi connectivity index (χ1) is 7.75. The summed E-state index contributed by atoms with van der Waals surface area (Å²) < 4.78 is 1.83. The third-order valence-electron chi connectivity index (χ3n) is 2.38. The van der Waals surface area contributed by atoms with E-state index in [9.17, 15) is 0 Å². The first-order valence-electron chi connectivity index (χ1n) is 5.20. The summed E-state index contributed by atoms with van der Waals surface area (Å²) in [6.45, 7) is 3.57. The van der Waals surface area contributed by atoms with Crippen LogP contribution in [0.2, 0.25) is 0 Å². The molecule has 2 aromatic rings. The topological polar surface area (TPSA) is 55.6 Å². The summed E-state index contributed by atoms with van der Waals surface area (Å²) in [5, 5.41) is 7.62. The quantitative estimate of drug-likeness (QED) is 0.823. The van der Waals surface area contributed by atoms with Gasteiger partial charge in [0.05, 0.1) is 11.4 Å². The monoisotopic (exact) mass is 217 g/mol. The zero-order chi connectivity index (χ0) is 11.4. The molecule has 5 heteroatoms. The van der Waals surface area contributed by atoms with Gasteiger partial charge in [0.1, 0.15) is 6.33 Å². The van der Waals surface area contributed by atoms with Crippen LogP contribution in [-0.2, 0) is 20.1 Å². The van der Waals surface area contributed by atoms with E-state index in [1.54, 1.807) is 12.5 Å². The zero-order valence-electron chi connectivity index (χ0n) is 9.51. The smallest absolute Gasteiger partial charge is 0.115 e. The van der Waals surface area contributed by atoms with Gasteiger partial charge < -0.3 is 5.32 Å². The maximum absolute atomic E-state index is 4.29. The highest BCUT2D eigenvalue weighted by Crippen LogP contribution is 2.04. The number of aryl methyl sites for hydroxylation is 2. The minimum atomic E-state index is 0.747. The number of rotatable bonds is 4. The summed E-state index contributed by atoms with van der Waals surface area (Å²) >= 11 is 0. The van der Waals surface area contributed by atoms with Crippen molar-refractivity contribution in [3.05, 3.63) is 41.7 Å². The number of nitrogens with one attached hydrogen (secondary N) is 1. The summed E-state index contributed by atoms with van der Waals surface area (Å²) in [6.07, 6.45) is 5.34. The van der Waals surface area contributed by atoms with Gasteiger partial charge in [0, 0.05) is 38.1 Å². The molecule has 2 heterocycles. The van der Waals surface area contributed by atoms with Crippen molar-refractivity contribution in [1.29, 1.82) is 0 Å². The zero-order valence-corrected chi connectivity index (χ0v) is 9.51. The molecule has 0 atom stereocenters. The van der Waals surface area contributed by atoms with E-state index in [-0.39, 0.29) is 0 Å². The number of aromatic nitrogens is 4. The minimum absolute atomic E-state index is 0.747. The highest BCUT2D eigenvalue weighted by atomic mass is 15.2. The lowest BCUT2D eigenvalue weighted by molar-refractivity contribution is 0.675. The first-order valence-corrected chi connectivity index (χ1v) is 5.20. The van der Waals surface area contributed by atoms with E-state index >= 15 is 0 Å². The van der Waals surface area contributed by atoms with Gasteiger partial charge in [-0.2, -0.15) is 5.10 Å². The van der Waals surface area contributed by atoms with Crippen LogP contribution in [0.3, 0.4) is 0 Å². The molecule has 5 nitrogen and oxygen atoms in total. The Morgan fingerprint density at radius 2 is 2.25 bits per heavy atom. The van der Waals surface area contributed by atoms with Crippen molar-refractivity contribution in [3.63, 3.8) is 0 Å². The molecule has 16 heavy (non-hydrogen) atoms. The molecular formula is C11H15N5. The standard InChI is InChI=1S/C11H15N5/c1-9-10(7-16(2)15-9)5-13-6-11-3-4-12-8-14-11/h3-4,7-8,13H,5-6H2,1-2H3. The molecule has 0 bridgehead atoms. The predicted molar refractivity (Wildman–Crippen MR) is 60.5 cm³/mol. The van der Waals surface area contributed by atoms with E-state index in [1.165, 1.54) is 5.56 Å². The van der Waals surface area contributed by atoms with Crippen LogP contribution in [0.5, 0.6) is 0 Å². The maximum atomic E-state index is 4.29. The maximum Gasteiger partial charge on any atom is 0.115 e. The van der Waals surface area contributed by atoms with Crippen LogP contribution < -0.4 is 5.32 Å². The van der Waals surface area contributed by atoms with Gasteiger partial charge in [-0.25, -0.2) is 9.97 Å². The molecule has 0 aliphatic heterocycles. The van der Waals surface area contributed by atoms with Crippen LogP contribution in [-0.4, -0.2) is 19.7 Å². The highest BCUT2D eigenvalue weighted by Gasteiger charge is 2.02. The summed E-state index contributed by atoms with van der Waals surface area (Å²) in [5.41, 5.74) is 3.28. The first kappa shape index (κ1) is 10.8. The summed E-state index contributed by atoms with van der Waals surface area (Å²) in [7, 11) is 1.93. The number of hydrogen-bond donors (Lipinski definition) is 1. The second kappa shape index (κ2) is 4.85. The molecule has 2 aromatic heterocycles. The molecule has 0 aliphatic rings. The highest BCUT2D eigenvalue weighted by molar-refractivity contribution is 5.14. The second-order valence-electron chi connectivity index (χ2n) is 3.72. The molecule has 0 unspecified atom stereocenters. The van der Waals surface area contributed by atoms with Crippen LogP contribution in [0, 0.1) is 6.92 Å².